The maximum atomic E-state index is 5.29. The number of hydrogen-bond acceptors (Lipinski definition) is 1. The molecule has 0 saturated heterocycles. The van der Waals surface area contributed by atoms with Crippen molar-refractivity contribution in [2.45, 2.75) is 5.92 Å². The van der Waals surface area contributed by atoms with Crippen molar-refractivity contribution in [1.82, 2.24) is 0 Å². The summed E-state index contributed by atoms with van der Waals surface area (Å²) in [4.78, 5) is 0. The lowest BCUT2D eigenvalue weighted by Gasteiger charge is -2.16. The molecule has 1 heteroatoms. The van der Waals surface area contributed by atoms with Crippen LogP contribution in [0.25, 0.3) is 0 Å². The van der Waals surface area contributed by atoms with Crippen molar-refractivity contribution in [2.24, 2.45) is 0 Å². The van der Waals surface area contributed by atoms with Gasteiger partial charge in [-0.2, -0.15) is 0 Å². The minimum atomic E-state index is 0.271. The summed E-state index contributed by atoms with van der Waals surface area (Å²) in [5, 5.41) is 0. The Morgan fingerprint density at radius 3 is 2.44 bits per heavy atom. The first-order valence-electron chi connectivity index (χ1n) is 5.42. The number of benzene rings is 2. The van der Waals surface area contributed by atoms with Gasteiger partial charge in [0.15, 0.2) is 0 Å². The van der Waals surface area contributed by atoms with Gasteiger partial charge in [-0.15, -0.1) is 0 Å². The molecular formula is C15H15O. The quantitative estimate of drug-likeness (QED) is 0.754. The third-order valence-electron chi connectivity index (χ3n) is 2.64. The van der Waals surface area contributed by atoms with Crippen LogP contribution in [-0.4, -0.2) is 13.7 Å². The highest BCUT2D eigenvalue weighted by Gasteiger charge is 2.12. The zero-order chi connectivity index (χ0) is 11.2. The summed E-state index contributed by atoms with van der Waals surface area (Å²) in [6, 6.07) is 21.7. The molecule has 0 fully saturated rings. The van der Waals surface area contributed by atoms with Gasteiger partial charge in [0.25, 0.3) is 0 Å². The molecule has 0 aliphatic heterocycles. The number of rotatable bonds is 4. The van der Waals surface area contributed by atoms with Gasteiger partial charge in [0.1, 0.15) is 0 Å². The van der Waals surface area contributed by atoms with Crippen molar-refractivity contribution in [3.05, 3.63) is 71.8 Å². The Morgan fingerprint density at radius 1 is 1.06 bits per heavy atom. The highest BCUT2D eigenvalue weighted by molar-refractivity contribution is 5.31. The molecule has 0 amide bonds. The molecule has 81 valence electrons. The topological polar surface area (TPSA) is 9.23 Å². The molecule has 0 N–H and O–H groups in total. The van der Waals surface area contributed by atoms with Crippen molar-refractivity contribution in [3.8, 4) is 0 Å². The monoisotopic (exact) mass is 211 g/mol. The van der Waals surface area contributed by atoms with Crippen molar-refractivity contribution in [2.75, 3.05) is 13.7 Å². The molecule has 0 spiro atoms. The zero-order valence-corrected chi connectivity index (χ0v) is 9.39. The van der Waals surface area contributed by atoms with E-state index in [1.807, 2.05) is 24.3 Å². The molecule has 0 bridgehead atoms. The minimum absolute atomic E-state index is 0.271. The smallest absolute Gasteiger partial charge is 0.0571 e. The summed E-state index contributed by atoms with van der Waals surface area (Å²) >= 11 is 0. The van der Waals surface area contributed by atoms with Crippen LogP contribution in [0.5, 0.6) is 0 Å². The van der Waals surface area contributed by atoms with Gasteiger partial charge in [-0.25, -0.2) is 0 Å². The molecule has 0 aromatic heterocycles. The molecule has 2 aromatic rings. The van der Waals surface area contributed by atoms with E-state index in [1.54, 1.807) is 7.11 Å². The van der Waals surface area contributed by atoms with Crippen molar-refractivity contribution < 1.29 is 4.74 Å². The average Bonchev–Trinajstić information content (AvgIpc) is 2.38. The molecule has 16 heavy (non-hydrogen) atoms. The van der Waals surface area contributed by atoms with Gasteiger partial charge in [-0.1, -0.05) is 54.6 Å². The largest absolute Gasteiger partial charge is 0.384 e. The highest BCUT2D eigenvalue weighted by Crippen LogP contribution is 2.23. The maximum absolute atomic E-state index is 5.29. The van der Waals surface area contributed by atoms with E-state index in [4.69, 9.17) is 4.74 Å². The molecule has 1 unspecified atom stereocenters. The summed E-state index contributed by atoms with van der Waals surface area (Å²) in [6.45, 7) is 0.685. The predicted molar refractivity (Wildman–Crippen MR) is 65.4 cm³/mol. The van der Waals surface area contributed by atoms with Crippen LogP contribution in [0.15, 0.2) is 54.6 Å². The second-order valence-electron chi connectivity index (χ2n) is 3.74. The van der Waals surface area contributed by atoms with E-state index in [1.165, 1.54) is 11.1 Å². The fourth-order valence-electron chi connectivity index (χ4n) is 1.84. The van der Waals surface area contributed by atoms with Crippen LogP contribution >= 0.6 is 0 Å². The predicted octanol–water partition coefficient (Wildman–Crippen LogP) is 3.27. The van der Waals surface area contributed by atoms with Crippen LogP contribution in [0, 0.1) is 6.07 Å². The standard InChI is InChI=1S/C15H15O/c1-16-12-15(13-8-4-2-5-9-13)14-10-6-3-7-11-14/h2-10,15H,12H2,1H3. The van der Waals surface area contributed by atoms with Gasteiger partial charge in [-0.05, 0) is 17.2 Å². The molecule has 1 nitrogen and oxygen atoms in total. The Bertz CT molecular complexity index is 368. The summed E-state index contributed by atoms with van der Waals surface area (Å²) in [7, 11) is 1.74. The molecule has 0 saturated carbocycles. The molecular weight excluding hydrogens is 196 g/mol. The first-order chi connectivity index (χ1) is 7.92. The number of methoxy groups -OCH3 is 1. The van der Waals surface area contributed by atoms with Crippen molar-refractivity contribution >= 4 is 0 Å². The van der Waals surface area contributed by atoms with E-state index in [2.05, 4.69) is 36.4 Å². The fraction of sp³-hybridized carbons (Fsp3) is 0.200. The number of ether oxygens (including phenoxy) is 1. The molecule has 1 radical (unpaired) electrons. The minimum Gasteiger partial charge on any atom is -0.384 e. The van der Waals surface area contributed by atoms with Gasteiger partial charge >= 0.3 is 0 Å². The van der Waals surface area contributed by atoms with Gasteiger partial charge < -0.3 is 4.74 Å². The summed E-state index contributed by atoms with van der Waals surface area (Å²) < 4.78 is 5.29. The Hall–Kier alpha value is -1.60. The van der Waals surface area contributed by atoms with E-state index in [0.29, 0.717) is 6.61 Å². The Balaban J connectivity index is 2.31. The second-order valence-corrected chi connectivity index (χ2v) is 3.74. The van der Waals surface area contributed by atoms with E-state index in [9.17, 15) is 0 Å². The molecule has 0 aliphatic carbocycles. The van der Waals surface area contributed by atoms with Gasteiger partial charge in [0, 0.05) is 13.0 Å². The Morgan fingerprint density at radius 2 is 1.81 bits per heavy atom. The van der Waals surface area contributed by atoms with Gasteiger partial charge in [-0.3, -0.25) is 0 Å². The molecule has 2 rings (SSSR count). The number of hydrogen-bond donors (Lipinski definition) is 0. The molecule has 0 heterocycles. The average molecular weight is 211 g/mol. The molecule has 2 aromatic carbocycles. The molecule has 0 aliphatic rings. The van der Waals surface area contributed by atoms with Crippen molar-refractivity contribution in [3.63, 3.8) is 0 Å². The lowest BCUT2D eigenvalue weighted by molar-refractivity contribution is 0.189. The first-order valence-corrected chi connectivity index (χ1v) is 5.42. The van der Waals surface area contributed by atoms with E-state index in [0.717, 1.165) is 0 Å². The van der Waals surface area contributed by atoms with Crippen LogP contribution in [-0.2, 0) is 4.74 Å². The fourth-order valence-corrected chi connectivity index (χ4v) is 1.84. The Kier molecular flexibility index (Phi) is 3.73. The highest BCUT2D eigenvalue weighted by atomic mass is 16.5. The summed E-state index contributed by atoms with van der Waals surface area (Å²) in [5.74, 6) is 0.271. The maximum Gasteiger partial charge on any atom is 0.0571 e. The summed E-state index contributed by atoms with van der Waals surface area (Å²) in [6.07, 6.45) is 0. The first kappa shape index (κ1) is 10.9. The Labute approximate surface area is 96.7 Å². The SMILES string of the molecule is COCC(c1[c]cccc1)c1ccccc1. The third kappa shape index (κ3) is 2.50. The van der Waals surface area contributed by atoms with Crippen LogP contribution in [0.1, 0.15) is 17.0 Å². The van der Waals surface area contributed by atoms with Crippen LogP contribution in [0.3, 0.4) is 0 Å². The van der Waals surface area contributed by atoms with E-state index >= 15 is 0 Å². The second kappa shape index (κ2) is 5.47. The van der Waals surface area contributed by atoms with Crippen LogP contribution in [0.4, 0.5) is 0 Å². The van der Waals surface area contributed by atoms with Crippen LogP contribution in [0.2, 0.25) is 0 Å². The summed E-state index contributed by atoms with van der Waals surface area (Å²) in [5.41, 5.74) is 2.45. The molecule has 1 atom stereocenters. The zero-order valence-electron chi connectivity index (χ0n) is 9.39. The normalized spacial score (nSPS) is 10.6. The lowest BCUT2D eigenvalue weighted by Crippen LogP contribution is -2.07. The van der Waals surface area contributed by atoms with E-state index < -0.39 is 0 Å². The van der Waals surface area contributed by atoms with Gasteiger partial charge in [0.2, 0.25) is 0 Å². The van der Waals surface area contributed by atoms with E-state index in [-0.39, 0.29) is 5.92 Å². The van der Waals surface area contributed by atoms with Gasteiger partial charge in [0.05, 0.1) is 6.61 Å². The van der Waals surface area contributed by atoms with Crippen molar-refractivity contribution in [1.29, 1.82) is 0 Å². The third-order valence-corrected chi connectivity index (χ3v) is 2.64. The lowest BCUT2D eigenvalue weighted by atomic mass is 9.92. The van der Waals surface area contributed by atoms with Crippen LogP contribution < -0.4 is 0 Å².